The first kappa shape index (κ1) is 13.1. The second-order valence-corrected chi connectivity index (χ2v) is 4.80. The van der Waals surface area contributed by atoms with E-state index in [0.29, 0.717) is 12.0 Å². The summed E-state index contributed by atoms with van der Waals surface area (Å²) in [5.74, 6) is 5.93. The van der Waals surface area contributed by atoms with Crippen LogP contribution in [-0.2, 0) is 13.5 Å². The van der Waals surface area contributed by atoms with Crippen molar-refractivity contribution in [2.75, 3.05) is 0 Å². The maximum Gasteiger partial charge on any atom is 0.138 e. The molecule has 1 heterocycles. The molecule has 2 rings (SSSR count). The van der Waals surface area contributed by atoms with Crippen molar-refractivity contribution in [3.05, 3.63) is 46.2 Å². The monoisotopic (exact) mass is 313 g/mol. The van der Waals surface area contributed by atoms with Crippen LogP contribution in [0.1, 0.15) is 17.4 Å². The molecule has 0 bridgehead atoms. The Labute approximate surface area is 112 Å². The van der Waals surface area contributed by atoms with Gasteiger partial charge in [0, 0.05) is 23.5 Å². The van der Waals surface area contributed by atoms with Crippen molar-refractivity contribution in [3.8, 4) is 0 Å². The van der Waals surface area contributed by atoms with Gasteiger partial charge in [-0.2, -0.15) is 5.10 Å². The number of hydrogen-bond acceptors (Lipinski definition) is 4. The number of hydrogen-bond donors (Lipinski definition) is 2. The summed E-state index contributed by atoms with van der Waals surface area (Å²) < 4.78 is 16.2. The third-order valence-electron chi connectivity index (χ3n) is 2.73. The first-order valence-electron chi connectivity index (χ1n) is 5.35. The highest BCUT2D eigenvalue weighted by atomic mass is 79.9. The largest absolute Gasteiger partial charge is 0.271 e. The highest BCUT2D eigenvalue weighted by Crippen LogP contribution is 2.23. The molecule has 0 aliphatic rings. The fourth-order valence-corrected chi connectivity index (χ4v) is 2.11. The maximum absolute atomic E-state index is 13.8. The van der Waals surface area contributed by atoms with Gasteiger partial charge in [-0.25, -0.2) is 9.37 Å². The lowest BCUT2D eigenvalue weighted by molar-refractivity contribution is 0.492. The molecule has 0 spiro atoms. The van der Waals surface area contributed by atoms with Crippen LogP contribution in [0, 0.1) is 5.82 Å². The standard InChI is InChI=1S/C11H13BrFN5/c1-18-11(15-6-16-18)5-10(17-14)8-4-7(12)2-3-9(8)13/h2-4,6,10,17H,5,14H2,1H3. The predicted octanol–water partition coefficient (Wildman–Crippen LogP) is 1.46. The van der Waals surface area contributed by atoms with E-state index in [2.05, 4.69) is 31.4 Å². The second kappa shape index (κ2) is 5.55. The molecule has 1 aromatic carbocycles. The number of aromatic nitrogens is 3. The third kappa shape index (κ3) is 2.74. The van der Waals surface area contributed by atoms with Gasteiger partial charge < -0.3 is 0 Å². The molecular weight excluding hydrogens is 301 g/mol. The molecule has 96 valence electrons. The van der Waals surface area contributed by atoms with Gasteiger partial charge in [-0.3, -0.25) is 16.0 Å². The molecule has 2 aromatic rings. The first-order chi connectivity index (χ1) is 8.61. The zero-order valence-electron chi connectivity index (χ0n) is 9.77. The number of hydrazine groups is 1. The van der Waals surface area contributed by atoms with E-state index < -0.39 is 0 Å². The van der Waals surface area contributed by atoms with Crippen molar-refractivity contribution in [2.24, 2.45) is 12.9 Å². The van der Waals surface area contributed by atoms with Crippen molar-refractivity contribution >= 4 is 15.9 Å². The molecule has 0 radical (unpaired) electrons. The molecular formula is C11H13BrFN5. The summed E-state index contributed by atoms with van der Waals surface area (Å²) in [4.78, 5) is 4.10. The molecule has 18 heavy (non-hydrogen) atoms. The van der Waals surface area contributed by atoms with Crippen LogP contribution in [0.5, 0.6) is 0 Å². The zero-order valence-corrected chi connectivity index (χ0v) is 11.4. The highest BCUT2D eigenvalue weighted by Gasteiger charge is 2.17. The number of nitrogens with zero attached hydrogens (tertiary/aromatic N) is 3. The Morgan fingerprint density at radius 1 is 1.56 bits per heavy atom. The Balaban J connectivity index is 2.28. The summed E-state index contributed by atoms with van der Waals surface area (Å²) in [7, 11) is 1.78. The van der Waals surface area contributed by atoms with E-state index in [0.717, 1.165) is 10.3 Å². The predicted molar refractivity (Wildman–Crippen MR) is 68.9 cm³/mol. The molecule has 1 aromatic heterocycles. The lowest BCUT2D eigenvalue weighted by Gasteiger charge is -2.16. The van der Waals surface area contributed by atoms with E-state index in [1.165, 1.54) is 12.4 Å². The third-order valence-corrected chi connectivity index (χ3v) is 3.22. The van der Waals surface area contributed by atoms with Gasteiger partial charge in [0.15, 0.2) is 0 Å². The molecule has 5 nitrogen and oxygen atoms in total. The molecule has 7 heteroatoms. The average molecular weight is 314 g/mol. The Kier molecular flexibility index (Phi) is 4.05. The number of aryl methyl sites for hydroxylation is 1. The second-order valence-electron chi connectivity index (χ2n) is 3.89. The number of nitrogens with two attached hydrogens (primary N) is 1. The van der Waals surface area contributed by atoms with Gasteiger partial charge in [0.1, 0.15) is 18.0 Å². The molecule has 0 aliphatic heterocycles. The van der Waals surface area contributed by atoms with E-state index in [1.54, 1.807) is 23.9 Å². The smallest absolute Gasteiger partial charge is 0.138 e. The average Bonchev–Trinajstić information content (AvgIpc) is 2.75. The van der Waals surface area contributed by atoms with Crippen LogP contribution in [0.15, 0.2) is 29.0 Å². The van der Waals surface area contributed by atoms with Crippen LogP contribution in [0.25, 0.3) is 0 Å². The normalized spacial score (nSPS) is 12.7. The van der Waals surface area contributed by atoms with Crippen LogP contribution in [-0.4, -0.2) is 14.8 Å². The zero-order chi connectivity index (χ0) is 13.1. The van der Waals surface area contributed by atoms with E-state index in [1.807, 2.05) is 0 Å². The Hall–Kier alpha value is -1.31. The van der Waals surface area contributed by atoms with E-state index in [9.17, 15) is 4.39 Å². The van der Waals surface area contributed by atoms with Crippen molar-refractivity contribution in [1.82, 2.24) is 20.2 Å². The van der Waals surface area contributed by atoms with Gasteiger partial charge in [0.2, 0.25) is 0 Å². The summed E-state index contributed by atoms with van der Waals surface area (Å²) in [6, 6.07) is 4.40. The van der Waals surface area contributed by atoms with Crippen LogP contribution >= 0.6 is 15.9 Å². The van der Waals surface area contributed by atoms with Gasteiger partial charge >= 0.3 is 0 Å². The Morgan fingerprint density at radius 2 is 2.33 bits per heavy atom. The van der Waals surface area contributed by atoms with Gasteiger partial charge in [0.05, 0.1) is 6.04 Å². The van der Waals surface area contributed by atoms with Crippen molar-refractivity contribution in [1.29, 1.82) is 0 Å². The summed E-state index contributed by atoms with van der Waals surface area (Å²) in [5, 5.41) is 3.97. The quantitative estimate of drug-likeness (QED) is 0.662. The lowest BCUT2D eigenvalue weighted by atomic mass is 10.0. The summed E-state index contributed by atoms with van der Waals surface area (Å²) >= 11 is 3.32. The summed E-state index contributed by atoms with van der Waals surface area (Å²) in [6.45, 7) is 0. The van der Waals surface area contributed by atoms with Crippen LogP contribution in [0.3, 0.4) is 0 Å². The molecule has 0 saturated carbocycles. The van der Waals surface area contributed by atoms with Crippen LogP contribution in [0.4, 0.5) is 4.39 Å². The Morgan fingerprint density at radius 3 is 2.94 bits per heavy atom. The topological polar surface area (TPSA) is 68.8 Å². The summed E-state index contributed by atoms with van der Waals surface area (Å²) in [5.41, 5.74) is 3.11. The lowest BCUT2D eigenvalue weighted by Crippen LogP contribution is -2.31. The van der Waals surface area contributed by atoms with Crippen LogP contribution in [0.2, 0.25) is 0 Å². The van der Waals surface area contributed by atoms with Gasteiger partial charge in [-0.15, -0.1) is 0 Å². The molecule has 3 N–H and O–H groups in total. The molecule has 1 unspecified atom stereocenters. The van der Waals surface area contributed by atoms with Gasteiger partial charge in [0.25, 0.3) is 0 Å². The number of nitrogens with one attached hydrogen (secondary N) is 1. The minimum Gasteiger partial charge on any atom is -0.271 e. The van der Waals surface area contributed by atoms with E-state index in [4.69, 9.17) is 5.84 Å². The molecule has 0 aliphatic carbocycles. The maximum atomic E-state index is 13.8. The minimum atomic E-state index is -0.356. The van der Waals surface area contributed by atoms with E-state index >= 15 is 0 Å². The number of rotatable bonds is 4. The fourth-order valence-electron chi connectivity index (χ4n) is 1.73. The summed E-state index contributed by atoms with van der Waals surface area (Å²) in [6.07, 6.45) is 1.92. The van der Waals surface area contributed by atoms with Crippen molar-refractivity contribution < 1.29 is 4.39 Å². The van der Waals surface area contributed by atoms with Crippen molar-refractivity contribution in [2.45, 2.75) is 12.5 Å². The SMILES string of the molecule is Cn1ncnc1CC(NN)c1cc(Br)ccc1F. The Bertz CT molecular complexity index is 542. The first-order valence-corrected chi connectivity index (χ1v) is 6.15. The fraction of sp³-hybridized carbons (Fsp3) is 0.273. The van der Waals surface area contributed by atoms with Crippen LogP contribution < -0.4 is 11.3 Å². The highest BCUT2D eigenvalue weighted by molar-refractivity contribution is 9.10. The van der Waals surface area contributed by atoms with E-state index in [-0.39, 0.29) is 11.9 Å². The number of benzene rings is 1. The molecule has 0 saturated heterocycles. The van der Waals surface area contributed by atoms with Gasteiger partial charge in [-0.05, 0) is 18.2 Å². The molecule has 1 atom stereocenters. The molecule has 0 amide bonds. The number of halogens is 2. The van der Waals surface area contributed by atoms with Gasteiger partial charge in [-0.1, -0.05) is 15.9 Å². The molecule has 0 fully saturated rings. The minimum absolute atomic E-state index is 0.302. The van der Waals surface area contributed by atoms with Crippen molar-refractivity contribution in [3.63, 3.8) is 0 Å².